The summed E-state index contributed by atoms with van der Waals surface area (Å²) in [5, 5.41) is 33.5. The zero-order chi connectivity index (χ0) is 22.8. The lowest BCUT2D eigenvalue weighted by Crippen LogP contribution is -2.63. The van der Waals surface area contributed by atoms with Crippen LogP contribution >= 0.6 is 0 Å². The average Bonchev–Trinajstić information content (AvgIpc) is 2.70. The number of allylic oxidation sites excluding steroid dienone is 2. The SMILES string of the molecule is CC(N[C@H]1[C@@H](OCc2ccccc2)O[C@H](CO)[C@@H](O)[C@@H]1O)=C1C(=O)CC(C)(C)CC1=O. The minimum absolute atomic E-state index is 0.0760. The normalized spacial score (nSPS) is 30.9. The first-order valence-corrected chi connectivity index (χ1v) is 10.4. The van der Waals surface area contributed by atoms with E-state index in [9.17, 15) is 24.9 Å². The van der Waals surface area contributed by atoms with Crippen LogP contribution in [0, 0.1) is 5.41 Å². The molecule has 3 rings (SSSR count). The molecule has 1 saturated heterocycles. The molecular weight excluding hydrogens is 402 g/mol. The molecule has 0 spiro atoms. The Hall–Kier alpha value is -2.10. The van der Waals surface area contributed by atoms with Gasteiger partial charge in [0.05, 0.1) is 18.8 Å². The predicted molar refractivity (Wildman–Crippen MR) is 112 cm³/mol. The van der Waals surface area contributed by atoms with Gasteiger partial charge in [0.15, 0.2) is 17.9 Å². The summed E-state index contributed by atoms with van der Waals surface area (Å²) in [6, 6.07) is 8.39. The second kappa shape index (κ2) is 9.58. The lowest BCUT2D eigenvalue weighted by atomic mass is 9.73. The first kappa shape index (κ1) is 23.6. The Bertz CT molecular complexity index is 814. The van der Waals surface area contributed by atoms with E-state index in [1.54, 1.807) is 6.92 Å². The molecule has 1 aliphatic carbocycles. The van der Waals surface area contributed by atoms with E-state index in [1.165, 1.54) is 0 Å². The van der Waals surface area contributed by atoms with Gasteiger partial charge in [-0.3, -0.25) is 9.59 Å². The number of hydrogen-bond donors (Lipinski definition) is 4. The second-order valence-corrected chi connectivity index (χ2v) is 9.04. The Kier molecular flexibility index (Phi) is 7.28. The van der Waals surface area contributed by atoms with Gasteiger partial charge in [0.25, 0.3) is 0 Å². The highest BCUT2D eigenvalue weighted by Crippen LogP contribution is 2.34. The maximum atomic E-state index is 12.6. The molecule has 1 heterocycles. The van der Waals surface area contributed by atoms with Crippen molar-refractivity contribution in [1.29, 1.82) is 0 Å². The van der Waals surface area contributed by atoms with Crippen molar-refractivity contribution in [3.8, 4) is 0 Å². The number of hydrogen-bond acceptors (Lipinski definition) is 8. The van der Waals surface area contributed by atoms with Gasteiger partial charge in [0, 0.05) is 18.5 Å². The van der Waals surface area contributed by atoms with Crippen molar-refractivity contribution in [3.05, 3.63) is 47.2 Å². The van der Waals surface area contributed by atoms with Crippen LogP contribution in [0.5, 0.6) is 0 Å². The molecule has 0 unspecified atom stereocenters. The van der Waals surface area contributed by atoms with Gasteiger partial charge in [-0.05, 0) is 17.9 Å². The first-order chi connectivity index (χ1) is 14.6. The van der Waals surface area contributed by atoms with Gasteiger partial charge in [-0.25, -0.2) is 0 Å². The maximum Gasteiger partial charge on any atom is 0.181 e. The number of aliphatic hydroxyl groups excluding tert-OH is 3. The van der Waals surface area contributed by atoms with E-state index >= 15 is 0 Å². The Morgan fingerprint density at radius 2 is 1.74 bits per heavy atom. The Morgan fingerprint density at radius 3 is 2.32 bits per heavy atom. The molecule has 1 aromatic carbocycles. The summed E-state index contributed by atoms with van der Waals surface area (Å²) in [4.78, 5) is 25.2. The molecule has 2 aliphatic rings. The second-order valence-electron chi connectivity index (χ2n) is 9.04. The third-order valence-electron chi connectivity index (χ3n) is 5.73. The molecule has 1 saturated carbocycles. The summed E-state index contributed by atoms with van der Waals surface area (Å²) in [6.45, 7) is 5.02. The van der Waals surface area contributed by atoms with E-state index in [0.29, 0.717) is 5.70 Å². The molecule has 0 radical (unpaired) electrons. The average molecular weight is 434 g/mol. The lowest BCUT2D eigenvalue weighted by molar-refractivity contribution is -0.273. The van der Waals surface area contributed by atoms with Crippen LogP contribution in [0.3, 0.4) is 0 Å². The van der Waals surface area contributed by atoms with Gasteiger partial charge in [0.1, 0.15) is 24.4 Å². The van der Waals surface area contributed by atoms with Crippen molar-refractivity contribution in [2.24, 2.45) is 5.41 Å². The highest BCUT2D eigenvalue weighted by molar-refractivity contribution is 6.22. The molecule has 5 atom stereocenters. The van der Waals surface area contributed by atoms with E-state index in [4.69, 9.17) is 9.47 Å². The van der Waals surface area contributed by atoms with Crippen LogP contribution in [0.1, 0.15) is 39.2 Å². The number of carbonyl (C=O) groups excluding carboxylic acids is 2. The van der Waals surface area contributed by atoms with Crippen LogP contribution in [0.2, 0.25) is 0 Å². The number of Topliss-reactive ketones (excluding diaryl/α,β-unsaturated/α-hetero) is 2. The molecular formula is C23H31NO7. The summed E-state index contributed by atoms with van der Waals surface area (Å²) >= 11 is 0. The van der Waals surface area contributed by atoms with E-state index < -0.39 is 42.7 Å². The minimum atomic E-state index is -1.37. The van der Waals surface area contributed by atoms with Crippen molar-refractivity contribution >= 4 is 11.6 Å². The molecule has 4 N–H and O–H groups in total. The molecule has 0 bridgehead atoms. The van der Waals surface area contributed by atoms with Gasteiger partial charge < -0.3 is 30.1 Å². The number of carbonyl (C=O) groups is 2. The highest BCUT2D eigenvalue weighted by Gasteiger charge is 2.46. The van der Waals surface area contributed by atoms with E-state index in [-0.39, 0.29) is 36.6 Å². The summed E-state index contributed by atoms with van der Waals surface area (Å²) in [6.07, 6.45) is -4.28. The maximum absolute atomic E-state index is 12.6. The summed E-state index contributed by atoms with van der Waals surface area (Å²) in [5.41, 5.74) is 0.867. The zero-order valence-electron chi connectivity index (χ0n) is 18.1. The zero-order valence-corrected chi connectivity index (χ0v) is 18.1. The Morgan fingerprint density at radius 1 is 1.13 bits per heavy atom. The quantitative estimate of drug-likeness (QED) is 0.384. The molecule has 1 aromatic rings. The summed E-state index contributed by atoms with van der Waals surface area (Å²) in [7, 11) is 0. The van der Waals surface area contributed by atoms with Crippen molar-refractivity contribution in [1.82, 2.24) is 5.32 Å². The van der Waals surface area contributed by atoms with Crippen molar-refractivity contribution in [2.75, 3.05) is 6.61 Å². The van der Waals surface area contributed by atoms with Crippen molar-refractivity contribution < 1.29 is 34.4 Å². The van der Waals surface area contributed by atoms with Crippen LogP contribution in [0.25, 0.3) is 0 Å². The Balaban J connectivity index is 1.82. The molecule has 8 nitrogen and oxygen atoms in total. The third kappa shape index (κ3) is 5.39. The predicted octanol–water partition coefficient (Wildman–Crippen LogP) is 0.833. The van der Waals surface area contributed by atoms with E-state index in [2.05, 4.69) is 5.32 Å². The topological polar surface area (TPSA) is 125 Å². The van der Waals surface area contributed by atoms with E-state index in [0.717, 1.165) is 5.56 Å². The first-order valence-electron chi connectivity index (χ1n) is 10.4. The largest absolute Gasteiger partial charge is 0.394 e. The third-order valence-corrected chi connectivity index (χ3v) is 5.73. The fourth-order valence-corrected chi connectivity index (χ4v) is 4.14. The van der Waals surface area contributed by atoms with Gasteiger partial charge >= 0.3 is 0 Å². The molecule has 0 aromatic heterocycles. The standard InChI is InChI=1S/C23H31NO7/c1-13(18-15(26)9-23(2,3)10-16(18)27)24-19-21(29)20(28)17(11-25)31-22(19)30-12-14-7-5-4-6-8-14/h4-8,17,19-22,24-25,28-29H,9-12H2,1-3H3/t17-,19-,20-,21-,22+/m1/s1. The number of nitrogens with one attached hydrogen (secondary N) is 1. The molecule has 1 aliphatic heterocycles. The molecule has 8 heteroatoms. The lowest BCUT2D eigenvalue weighted by Gasteiger charge is -2.43. The smallest absolute Gasteiger partial charge is 0.181 e. The van der Waals surface area contributed by atoms with Gasteiger partial charge in [-0.15, -0.1) is 0 Å². The number of ether oxygens (including phenoxy) is 2. The number of benzene rings is 1. The van der Waals surface area contributed by atoms with Crippen LogP contribution in [-0.4, -0.2) is 64.1 Å². The van der Waals surface area contributed by atoms with Crippen LogP contribution in [0.4, 0.5) is 0 Å². The summed E-state index contributed by atoms with van der Waals surface area (Å²) in [5.74, 6) is -0.513. The number of rotatable bonds is 6. The van der Waals surface area contributed by atoms with Crippen molar-refractivity contribution in [2.45, 2.75) is 70.9 Å². The fraction of sp³-hybridized carbons (Fsp3) is 0.565. The van der Waals surface area contributed by atoms with Crippen LogP contribution in [0.15, 0.2) is 41.6 Å². The highest BCUT2D eigenvalue weighted by atomic mass is 16.7. The monoisotopic (exact) mass is 433 g/mol. The minimum Gasteiger partial charge on any atom is -0.394 e. The molecule has 2 fully saturated rings. The van der Waals surface area contributed by atoms with Crippen molar-refractivity contribution in [3.63, 3.8) is 0 Å². The number of ketones is 2. The Labute approximate surface area is 181 Å². The fourth-order valence-electron chi connectivity index (χ4n) is 4.14. The van der Waals surface area contributed by atoms with Gasteiger partial charge in [0.2, 0.25) is 0 Å². The van der Waals surface area contributed by atoms with Crippen LogP contribution < -0.4 is 5.32 Å². The molecule has 0 amide bonds. The molecule has 31 heavy (non-hydrogen) atoms. The van der Waals surface area contributed by atoms with Crippen LogP contribution in [-0.2, 0) is 25.7 Å². The van der Waals surface area contributed by atoms with E-state index in [1.807, 2.05) is 44.2 Å². The van der Waals surface area contributed by atoms with Gasteiger partial charge in [-0.2, -0.15) is 0 Å². The molecule has 170 valence electrons. The van der Waals surface area contributed by atoms with Gasteiger partial charge in [-0.1, -0.05) is 44.2 Å². The number of aliphatic hydroxyl groups is 3. The summed E-state index contributed by atoms with van der Waals surface area (Å²) < 4.78 is 11.5.